The normalized spacial score (nSPS) is 17.2. The molecule has 1 saturated carbocycles. The van der Waals surface area contributed by atoms with E-state index in [4.69, 9.17) is 9.47 Å². The minimum absolute atomic E-state index is 0.127. The summed E-state index contributed by atoms with van der Waals surface area (Å²) in [6.07, 6.45) is 5.31. The third-order valence-electron chi connectivity index (χ3n) is 7.61. The van der Waals surface area contributed by atoms with Gasteiger partial charge >= 0.3 is 11.9 Å². The van der Waals surface area contributed by atoms with Crippen LogP contribution in [0.5, 0.6) is 0 Å². The van der Waals surface area contributed by atoms with Crippen LogP contribution in [0.1, 0.15) is 55.7 Å². The monoisotopic (exact) mass is 545 g/mol. The van der Waals surface area contributed by atoms with E-state index in [2.05, 4.69) is 17.2 Å². The van der Waals surface area contributed by atoms with E-state index in [0.717, 1.165) is 48.1 Å². The van der Waals surface area contributed by atoms with Crippen LogP contribution >= 0.6 is 0 Å². The molecule has 0 aromatic heterocycles. The SMILES string of the molecule is CC1=C(C(=O)OCc2ccccc2)C(C#Cc2ccccc2)C(C(=O)OCc2ccccc2)=C(C2CCCCC2)N1. The Morgan fingerprint density at radius 2 is 1.24 bits per heavy atom. The van der Waals surface area contributed by atoms with Gasteiger partial charge < -0.3 is 14.8 Å². The number of hydrogen-bond donors (Lipinski definition) is 1. The summed E-state index contributed by atoms with van der Waals surface area (Å²) in [6, 6.07) is 28.8. The van der Waals surface area contributed by atoms with Gasteiger partial charge in [0.15, 0.2) is 0 Å². The molecule has 0 spiro atoms. The molecule has 3 aromatic carbocycles. The van der Waals surface area contributed by atoms with Gasteiger partial charge in [-0.1, -0.05) is 110 Å². The Morgan fingerprint density at radius 1 is 0.732 bits per heavy atom. The van der Waals surface area contributed by atoms with Crippen LogP contribution in [0, 0.1) is 23.7 Å². The van der Waals surface area contributed by atoms with Crippen LogP contribution in [0.25, 0.3) is 0 Å². The quantitative estimate of drug-likeness (QED) is 0.260. The van der Waals surface area contributed by atoms with Crippen molar-refractivity contribution in [2.45, 2.75) is 52.2 Å². The first-order valence-corrected chi connectivity index (χ1v) is 14.3. The average molecular weight is 546 g/mol. The number of ether oxygens (including phenoxy) is 2. The van der Waals surface area contributed by atoms with E-state index in [1.54, 1.807) is 0 Å². The molecule has 1 aliphatic heterocycles. The maximum absolute atomic E-state index is 13.9. The van der Waals surface area contributed by atoms with Crippen molar-refractivity contribution < 1.29 is 19.1 Å². The standard InChI is InChI=1S/C36H35NO4/c1-26-32(35(38)40-24-28-16-8-3-9-17-28)31(23-22-27-14-6-2-7-15-27)33(34(37-26)30-20-12-5-13-21-30)36(39)41-25-29-18-10-4-11-19-29/h2-4,6-11,14-19,30-31,37H,5,12-13,20-21,24-25H2,1H3. The predicted octanol–water partition coefficient (Wildman–Crippen LogP) is 6.85. The van der Waals surface area contributed by atoms with E-state index in [0.29, 0.717) is 16.8 Å². The van der Waals surface area contributed by atoms with Crippen molar-refractivity contribution in [3.05, 3.63) is 130 Å². The van der Waals surface area contributed by atoms with Crippen molar-refractivity contribution in [3.63, 3.8) is 0 Å². The lowest BCUT2D eigenvalue weighted by Gasteiger charge is -2.34. The Morgan fingerprint density at radius 3 is 1.80 bits per heavy atom. The Bertz CT molecular complexity index is 1470. The van der Waals surface area contributed by atoms with Gasteiger partial charge in [0.25, 0.3) is 0 Å². The fourth-order valence-electron chi connectivity index (χ4n) is 5.49. The smallest absolute Gasteiger partial charge is 0.337 e. The van der Waals surface area contributed by atoms with E-state index in [9.17, 15) is 9.59 Å². The summed E-state index contributed by atoms with van der Waals surface area (Å²) in [5.74, 6) is 4.92. The molecule has 1 atom stereocenters. The molecule has 5 nitrogen and oxygen atoms in total. The fraction of sp³-hybridized carbons (Fsp3) is 0.278. The number of allylic oxidation sites excluding steroid dienone is 2. The van der Waals surface area contributed by atoms with Crippen LogP contribution in [0.4, 0.5) is 0 Å². The van der Waals surface area contributed by atoms with Gasteiger partial charge in [-0.25, -0.2) is 9.59 Å². The molecule has 0 amide bonds. The largest absolute Gasteiger partial charge is 0.457 e. The predicted molar refractivity (Wildman–Crippen MR) is 159 cm³/mol. The highest BCUT2D eigenvalue weighted by atomic mass is 16.5. The maximum atomic E-state index is 13.9. The van der Waals surface area contributed by atoms with Crippen molar-refractivity contribution in [2.75, 3.05) is 0 Å². The van der Waals surface area contributed by atoms with Gasteiger partial charge in [-0.15, -0.1) is 0 Å². The maximum Gasteiger partial charge on any atom is 0.337 e. The number of nitrogens with one attached hydrogen (secondary N) is 1. The van der Waals surface area contributed by atoms with Crippen molar-refractivity contribution >= 4 is 11.9 Å². The molecule has 41 heavy (non-hydrogen) atoms. The van der Waals surface area contributed by atoms with Gasteiger partial charge in [0.2, 0.25) is 0 Å². The summed E-state index contributed by atoms with van der Waals surface area (Å²) in [6.45, 7) is 2.13. The molecular weight excluding hydrogens is 510 g/mol. The molecular formula is C36H35NO4. The van der Waals surface area contributed by atoms with Crippen LogP contribution in [0.2, 0.25) is 0 Å². The van der Waals surface area contributed by atoms with E-state index in [1.165, 1.54) is 6.42 Å². The lowest BCUT2D eigenvalue weighted by atomic mass is 9.78. The van der Waals surface area contributed by atoms with E-state index in [-0.39, 0.29) is 19.1 Å². The summed E-state index contributed by atoms with van der Waals surface area (Å²) in [7, 11) is 0. The van der Waals surface area contributed by atoms with Crippen LogP contribution < -0.4 is 5.32 Å². The third kappa shape index (κ3) is 7.15. The highest BCUT2D eigenvalue weighted by molar-refractivity contribution is 5.99. The first-order chi connectivity index (χ1) is 20.1. The van der Waals surface area contributed by atoms with Crippen LogP contribution in [0.3, 0.4) is 0 Å². The molecule has 1 N–H and O–H groups in total. The first kappa shape index (κ1) is 28.0. The molecule has 0 radical (unpaired) electrons. The van der Waals surface area contributed by atoms with Crippen molar-refractivity contribution in [3.8, 4) is 11.8 Å². The second kappa shape index (κ2) is 13.7. The number of dihydropyridines is 1. The van der Waals surface area contributed by atoms with Crippen LogP contribution in [-0.2, 0) is 32.3 Å². The number of carbonyl (C=O) groups excluding carboxylic acids is 2. The van der Waals surface area contributed by atoms with Crippen LogP contribution in [0.15, 0.2) is 114 Å². The average Bonchev–Trinajstić information content (AvgIpc) is 3.03. The molecule has 1 aliphatic carbocycles. The Kier molecular flexibility index (Phi) is 9.34. The first-order valence-electron chi connectivity index (χ1n) is 14.3. The van der Waals surface area contributed by atoms with Gasteiger partial charge in [-0.05, 0) is 48.9 Å². The summed E-state index contributed by atoms with van der Waals surface area (Å²) in [5, 5.41) is 3.46. The minimum atomic E-state index is -0.792. The van der Waals surface area contributed by atoms with E-state index < -0.39 is 17.9 Å². The second-order valence-corrected chi connectivity index (χ2v) is 10.5. The summed E-state index contributed by atoms with van der Waals surface area (Å²) in [5.41, 5.74) is 4.82. The molecule has 2 aliphatic rings. The van der Waals surface area contributed by atoms with Crippen molar-refractivity contribution in [1.82, 2.24) is 5.32 Å². The van der Waals surface area contributed by atoms with E-state index >= 15 is 0 Å². The summed E-state index contributed by atoms with van der Waals surface area (Å²) < 4.78 is 11.7. The summed E-state index contributed by atoms with van der Waals surface area (Å²) >= 11 is 0. The van der Waals surface area contributed by atoms with E-state index in [1.807, 2.05) is 97.9 Å². The molecule has 5 heteroatoms. The van der Waals surface area contributed by atoms with Gasteiger partial charge in [0, 0.05) is 17.0 Å². The fourth-order valence-corrected chi connectivity index (χ4v) is 5.49. The number of rotatable bonds is 7. The van der Waals surface area contributed by atoms with Gasteiger partial charge in [0.05, 0.1) is 17.1 Å². The molecule has 1 fully saturated rings. The lowest BCUT2D eigenvalue weighted by Crippen LogP contribution is -2.36. The Balaban J connectivity index is 1.53. The lowest BCUT2D eigenvalue weighted by molar-refractivity contribution is -0.141. The van der Waals surface area contributed by atoms with Gasteiger partial charge in [0.1, 0.15) is 13.2 Å². The third-order valence-corrected chi connectivity index (χ3v) is 7.61. The highest BCUT2D eigenvalue weighted by Gasteiger charge is 2.39. The zero-order chi connectivity index (χ0) is 28.4. The molecule has 5 rings (SSSR count). The van der Waals surface area contributed by atoms with Crippen molar-refractivity contribution in [1.29, 1.82) is 0 Å². The number of hydrogen-bond acceptors (Lipinski definition) is 5. The van der Waals surface area contributed by atoms with Crippen molar-refractivity contribution in [2.24, 2.45) is 11.8 Å². The molecule has 0 bridgehead atoms. The summed E-state index contributed by atoms with van der Waals surface area (Å²) in [4.78, 5) is 27.6. The Hall–Kier alpha value is -4.56. The number of carbonyl (C=O) groups is 2. The van der Waals surface area contributed by atoms with Crippen LogP contribution in [-0.4, -0.2) is 11.9 Å². The number of esters is 2. The topological polar surface area (TPSA) is 64.6 Å². The molecule has 1 heterocycles. The Labute approximate surface area is 242 Å². The molecule has 3 aromatic rings. The zero-order valence-electron chi connectivity index (χ0n) is 23.4. The molecule has 208 valence electrons. The molecule has 0 saturated heterocycles. The minimum Gasteiger partial charge on any atom is -0.457 e. The second-order valence-electron chi connectivity index (χ2n) is 10.5. The molecule has 1 unspecified atom stereocenters. The van der Waals surface area contributed by atoms with Gasteiger partial charge in [-0.3, -0.25) is 0 Å². The van der Waals surface area contributed by atoms with Gasteiger partial charge in [-0.2, -0.15) is 0 Å². The number of benzene rings is 3. The highest BCUT2D eigenvalue weighted by Crippen LogP contribution is 2.38. The zero-order valence-corrected chi connectivity index (χ0v) is 23.4.